The fourth-order valence-electron chi connectivity index (χ4n) is 2.29. The van der Waals surface area contributed by atoms with E-state index >= 15 is 0 Å². The summed E-state index contributed by atoms with van der Waals surface area (Å²) < 4.78 is 5.54. The Balaban J connectivity index is 1.86. The van der Waals surface area contributed by atoms with Crippen molar-refractivity contribution in [3.63, 3.8) is 0 Å². The Morgan fingerprint density at radius 2 is 2.39 bits per heavy atom. The fourth-order valence-corrected chi connectivity index (χ4v) is 2.29. The minimum Gasteiger partial charge on any atom is -0.463 e. The standard InChI is InChI=1S/C13H18N4O/c1-10-8-11(9-14)16-13(15-10)18-7-5-12-4-3-6-17(12)2/h8,12H,3-7H2,1-2H3. The molecule has 1 aliphatic heterocycles. The third kappa shape index (κ3) is 3.17. The second kappa shape index (κ2) is 5.78. The van der Waals surface area contributed by atoms with Crippen molar-refractivity contribution < 1.29 is 4.74 Å². The SMILES string of the molecule is Cc1cc(C#N)nc(OCCC2CCCN2C)n1. The number of aryl methyl sites for hydroxylation is 1. The maximum Gasteiger partial charge on any atom is 0.317 e. The summed E-state index contributed by atoms with van der Waals surface area (Å²) in [6.07, 6.45) is 3.48. The predicted molar refractivity (Wildman–Crippen MR) is 67.2 cm³/mol. The smallest absolute Gasteiger partial charge is 0.317 e. The molecule has 0 N–H and O–H groups in total. The lowest BCUT2D eigenvalue weighted by Crippen LogP contribution is -2.26. The minimum atomic E-state index is 0.312. The molecule has 5 nitrogen and oxygen atoms in total. The van der Waals surface area contributed by atoms with Gasteiger partial charge in [-0.15, -0.1) is 0 Å². The summed E-state index contributed by atoms with van der Waals surface area (Å²) >= 11 is 0. The molecule has 1 aromatic heterocycles. The van der Waals surface area contributed by atoms with E-state index in [-0.39, 0.29) is 0 Å². The lowest BCUT2D eigenvalue weighted by atomic mass is 10.2. The molecule has 1 aromatic rings. The maximum atomic E-state index is 8.82. The van der Waals surface area contributed by atoms with Crippen molar-refractivity contribution in [1.82, 2.24) is 14.9 Å². The summed E-state index contributed by atoms with van der Waals surface area (Å²) in [6, 6.07) is 4.57. The number of rotatable bonds is 4. The second-order valence-electron chi connectivity index (χ2n) is 4.70. The first-order chi connectivity index (χ1) is 8.69. The third-order valence-electron chi connectivity index (χ3n) is 3.30. The zero-order chi connectivity index (χ0) is 13.0. The highest BCUT2D eigenvalue weighted by molar-refractivity contribution is 5.23. The van der Waals surface area contributed by atoms with Crippen molar-refractivity contribution in [3.8, 4) is 12.1 Å². The Morgan fingerprint density at radius 3 is 3.06 bits per heavy atom. The van der Waals surface area contributed by atoms with Crippen molar-refractivity contribution in [1.29, 1.82) is 5.26 Å². The van der Waals surface area contributed by atoms with Gasteiger partial charge in [0.05, 0.1) is 6.61 Å². The van der Waals surface area contributed by atoms with Crippen molar-refractivity contribution in [2.45, 2.75) is 32.2 Å². The summed E-state index contributed by atoms with van der Waals surface area (Å²) in [5.74, 6) is 0. The molecule has 0 bridgehead atoms. The Kier molecular flexibility index (Phi) is 4.11. The molecular weight excluding hydrogens is 228 g/mol. The van der Waals surface area contributed by atoms with Crippen LogP contribution in [0.1, 0.15) is 30.7 Å². The van der Waals surface area contributed by atoms with Crippen LogP contribution in [0.3, 0.4) is 0 Å². The van der Waals surface area contributed by atoms with E-state index in [4.69, 9.17) is 10.00 Å². The number of aromatic nitrogens is 2. The van der Waals surface area contributed by atoms with Gasteiger partial charge in [0.1, 0.15) is 11.8 Å². The second-order valence-corrected chi connectivity index (χ2v) is 4.70. The number of hydrogen-bond acceptors (Lipinski definition) is 5. The lowest BCUT2D eigenvalue weighted by Gasteiger charge is -2.18. The first kappa shape index (κ1) is 12.8. The molecule has 1 aliphatic rings. The summed E-state index contributed by atoms with van der Waals surface area (Å²) in [7, 11) is 2.15. The van der Waals surface area contributed by atoms with Crippen LogP contribution in [0.15, 0.2) is 6.07 Å². The highest BCUT2D eigenvalue weighted by Crippen LogP contribution is 2.18. The predicted octanol–water partition coefficient (Wildman–Crippen LogP) is 1.52. The van der Waals surface area contributed by atoms with Gasteiger partial charge in [-0.2, -0.15) is 10.2 Å². The van der Waals surface area contributed by atoms with Crippen LogP contribution in [0.4, 0.5) is 0 Å². The van der Waals surface area contributed by atoms with Gasteiger partial charge in [-0.25, -0.2) is 4.98 Å². The number of hydrogen-bond donors (Lipinski definition) is 0. The third-order valence-corrected chi connectivity index (χ3v) is 3.30. The molecule has 18 heavy (non-hydrogen) atoms. The molecule has 96 valence electrons. The van der Waals surface area contributed by atoms with E-state index in [1.165, 1.54) is 19.4 Å². The molecule has 0 aromatic carbocycles. The van der Waals surface area contributed by atoms with Crippen LogP contribution in [-0.4, -0.2) is 41.1 Å². The number of ether oxygens (including phenoxy) is 1. The Bertz CT molecular complexity index is 455. The topological polar surface area (TPSA) is 62.0 Å². The van der Waals surface area contributed by atoms with E-state index in [0.717, 1.165) is 12.1 Å². The average molecular weight is 246 g/mol. The number of likely N-dealkylation sites (tertiary alicyclic amines) is 1. The van der Waals surface area contributed by atoms with Gasteiger partial charge < -0.3 is 9.64 Å². The van der Waals surface area contributed by atoms with Crippen molar-refractivity contribution >= 4 is 0 Å². The van der Waals surface area contributed by atoms with Crippen molar-refractivity contribution in [3.05, 3.63) is 17.5 Å². The summed E-state index contributed by atoms with van der Waals surface area (Å²) in [4.78, 5) is 10.6. The van der Waals surface area contributed by atoms with Gasteiger partial charge in [-0.1, -0.05) is 0 Å². The van der Waals surface area contributed by atoms with E-state index < -0.39 is 0 Å². The van der Waals surface area contributed by atoms with Gasteiger partial charge in [0.2, 0.25) is 0 Å². The van der Waals surface area contributed by atoms with Crippen LogP contribution in [0.2, 0.25) is 0 Å². The monoisotopic (exact) mass is 246 g/mol. The van der Waals surface area contributed by atoms with E-state index in [1.807, 2.05) is 13.0 Å². The quantitative estimate of drug-likeness (QED) is 0.806. The molecule has 0 amide bonds. The van der Waals surface area contributed by atoms with Gasteiger partial charge in [0, 0.05) is 11.7 Å². The maximum absolute atomic E-state index is 8.82. The zero-order valence-corrected chi connectivity index (χ0v) is 10.9. The van der Waals surface area contributed by atoms with Gasteiger partial charge in [0.25, 0.3) is 0 Å². The number of nitrogens with zero attached hydrogens (tertiary/aromatic N) is 4. The van der Waals surface area contributed by atoms with Gasteiger partial charge >= 0.3 is 6.01 Å². The molecule has 0 saturated carbocycles. The van der Waals surface area contributed by atoms with Gasteiger partial charge in [0.15, 0.2) is 0 Å². The lowest BCUT2D eigenvalue weighted by molar-refractivity contribution is 0.222. The average Bonchev–Trinajstić information content (AvgIpc) is 2.74. The van der Waals surface area contributed by atoms with Crippen LogP contribution in [-0.2, 0) is 0 Å². The molecule has 1 fully saturated rings. The zero-order valence-electron chi connectivity index (χ0n) is 10.9. The van der Waals surface area contributed by atoms with Crippen LogP contribution in [0, 0.1) is 18.3 Å². The van der Waals surface area contributed by atoms with Crippen LogP contribution in [0.25, 0.3) is 0 Å². The Labute approximate surface area is 107 Å². The Morgan fingerprint density at radius 1 is 1.56 bits per heavy atom. The molecule has 1 saturated heterocycles. The van der Waals surface area contributed by atoms with Gasteiger partial charge in [-0.05, 0) is 45.8 Å². The summed E-state index contributed by atoms with van der Waals surface area (Å²) in [6.45, 7) is 3.60. The van der Waals surface area contributed by atoms with E-state index in [2.05, 4.69) is 21.9 Å². The fraction of sp³-hybridized carbons (Fsp3) is 0.615. The summed E-state index contributed by atoms with van der Waals surface area (Å²) in [5, 5.41) is 8.82. The molecule has 2 heterocycles. The molecular formula is C13H18N4O. The molecule has 0 spiro atoms. The van der Waals surface area contributed by atoms with Crippen molar-refractivity contribution in [2.75, 3.05) is 20.2 Å². The largest absolute Gasteiger partial charge is 0.463 e. The van der Waals surface area contributed by atoms with E-state index in [1.54, 1.807) is 6.07 Å². The van der Waals surface area contributed by atoms with Crippen LogP contribution < -0.4 is 4.74 Å². The normalized spacial score (nSPS) is 19.7. The molecule has 1 atom stereocenters. The minimum absolute atomic E-state index is 0.312. The van der Waals surface area contributed by atoms with Crippen LogP contribution >= 0.6 is 0 Å². The number of nitriles is 1. The van der Waals surface area contributed by atoms with Crippen LogP contribution in [0.5, 0.6) is 6.01 Å². The molecule has 2 rings (SSSR count). The van der Waals surface area contributed by atoms with E-state index in [9.17, 15) is 0 Å². The molecule has 0 aliphatic carbocycles. The van der Waals surface area contributed by atoms with Crippen molar-refractivity contribution in [2.24, 2.45) is 0 Å². The first-order valence-electron chi connectivity index (χ1n) is 6.28. The summed E-state index contributed by atoms with van der Waals surface area (Å²) in [5.41, 5.74) is 1.12. The highest BCUT2D eigenvalue weighted by atomic mass is 16.5. The first-order valence-corrected chi connectivity index (χ1v) is 6.28. The van der Waals surface area contributed by atoms with Gasteiger partial charge in [-0.3, -0.25) is 0 Å². The van der Waals surface area contributed by atoms with E-state index in [0.29, 0.717) is 24.4 Å². The molecule has 1 unspecified atom stereocenters. The molecule has 5 heteroatoms. The molecule has 0 radical (unpaired) electrons. The Hall–Kier alpha value is -1.67. The highest BCUT2D eigenvalue weighted by Gasteiger charge is 2.20.